The van der Waals surface area contributed by atoms with E-state index in [9.17, 15) is 14.4 Å². The third-order valence-electron chi connectivity index (χ3n) is 6.13. The highest BCUT2D eigenvalue weighted by molar-refractivity contribution is 8.04. The van der Waals surface area contributed by atoms with Crippen LogP contribution in [-0.4, -0.2) is 45.7 Å². The van der Waals surface area contributed by atoms with Crippen LogP contribution < -0.4 is 10.7 Å². The number of aromatic nitrogens is 2. The highest BCUT2D eigenvalue weighted by Gasteiger charge is 2.25. The van der Waals surface area contributed by atoms with Gasteiger partial charge in [-0.2, -0.15) is 0 Å². The van der Waals surface area contributed by atoms with E-state index in [0.717, 1.165) is 42.1 Å². The third kappa shape index (κ3) is 5.05. The van der Waals surface area contributed by atoms with Gasteiger partial charge in [-0.25, -0.2) is 4.98 Å². The van der Waals surface area contributed by atoms with E-state index in [1.54, 1.807) is 11.1 Å². The normalized spacial score (nSPS) is 15.5. The Morgan fingerprint density at radius 3 is 2.82 bits per heavy atom. The first-order valence-corrected chi connectivity index (χ1v) is 11.9. The fraction of sp³-hybridized carbons (Fsp3) is 0.333. The summed E-state index contributed by atoms with van der Waals surface area (Å²) < 4.78 is 7.24. The number of hydrogen-bond donors (Lipinski definition) is 1. The van der Waals surface area contributed by atoms with Gasteiger partial charge in [-0.3, -0.25) is 18.8 Å². The summed E-state index contributed by atoms with van der Waals surface area (Å²) in [5.41, 5.74) is 1.57. The van der Waals surface area contributed by atoms with Gasteiger partial charge in [0.05, 0.1) is 28.1 Å². The first kappa shape index (κ1) is 24.1. The molecule has 2 aliphatic heterocycles. The lowest BCUT2D eigenvalue weighted by Gasteiger charge is -2.31. The molecule has 0 atom stereocenters. The molecule has 10 heteroatoms. The molecule has 3 aromatic heterocycles. The van der Waals surface area contributed by atoms with Crippen LogP contribution in [0.3, 0.4) is 0 Å². The molecule has 1 N–H and O–H groups in total. The van der Waals surface area contributed by atoms with Crippen molar-refractivity contribution in [3.05, 3.63) is 69.4 Å². The van der Waals surface area contributed by atoms with Crippen LogP contribution in [0.25, 0.3) is 11.7 Å². The second-order valence-corrected chi connectivity index (χ2v) is 9.38. The maximum Gasteiger partial charge on any atom is 0.289 e. The second-order valence-electron chi connectivity index (χ2n) is 8.32. The standard InChI is InChI=1S/C24H24N4O4S.ClH/c29-18-8-12-32-19(14-18)24(31)27-10-6-16(7-11-27)3-2-9-25-23(30)20-13-17-15-26-21-4-1-5-22(33-20)28(17)21;/h1,4-5,8,12-16H,2-3,6-7,9-11H2,(H,25,30);1H. The Morgan fingerprint density at radius 1 is 1.21 bits per heavy atom. The van der Waals surface area contributed by atoms with Crippen molar-refractivity contribution in [1.29, 1.82) is 0 Å². The molecule has 0 unspecified atom stereocenters. The van der Waals surface area contributed by atoms with Crippen LogP contribution in [0.5, 0.6) is 0 Å². The average molecular weight is 501 g/mol. The van der Waals surface area contributed by atoms with Crippen molar-refractivity contribution in [2.24, 2.45) is 5.92 Å². The molecule has 0 radical (unpaired) electrons. The lowest BCUT2D eigenvalue weighted by atomic mass is 9.92. The zero-order chi connectivity index (χ0) is 22.8. The van der Waals surface area contributed by atoms with Crippen LogP contribution in [0.4, 0.5) is 0 Å². The lowest BCUT2D eigenvalue weighted by Crippen LogP contribution is -2.38. The minimum absolute atomic E-state index is 0. The summed E-state index contributed by atoms with van der Waals surface area (Å²) >= 11 is 1.46. The molecule has 8 nitrogen and oxygen atoms in total. The zero-order valence-electron chi connectivity index (χ0n) is 18.4. The number of pyridine rings is 1. The van der Waals surface area contributed by atoms with Gasteiger partial charge < -0.3 is 14.6 Å². The molecule has 0 bridgehead atoms. The maximum absolute atomic E-state index is 12.7. The molecule has 1 saturated heterocycles. The fourth-order valence-electron chi connectivity index (χ4n) is 4.36. The Morgan fingerprint density at radius 2 is 2.03 bits per heavy atom. The molecule has 0 aliphatic carbocycles. The summed E-state index contributed by atoms with van der Waals surface area (Å²) in [6, 6.07) is 8.42. The van der Waals surface area contributed by atoms with E-state index in [2.05, 4.69) is 10.3 Å². The number of nitrogens with one attached hydrogen (secondary N) is 1. The first-order chi connectivity index (χ1) is 16.1. The third-order valence-corrected chi connectivity index (χ3v) is 7.18. The average Bonchev–Trinajstić information content (AvgIpc) is 3.26. The molecule has 5 rings (SSSR count). The van der Waals surface area contributed by atoms with Crippen molar-refractivity contribution in [3.63, 3.8) is 0 Å². The number of carbonyl (C=O) groups is 2. The van der Waals surface area contributed by atoms with Gasteiger partial charge >= 0.3 is 0 Å². The van der Waals surface area contributed by atoms with Gasteiger partial charge in [0.1, 0.15) is 5.65 Å². The minimum atomic E-state index is -0.230. The molecule has 34 heavy (non-hydrogen) atoms. The quantitative estimate of drug-likeness (QED) is 0.519. The Balaban J connectivity index is 0.00000274. The number of carbonyl (C=O) groups excluding carboxylic acids is 2. The Hall–Kier alpha value is -3.04. The predicted octanol–water partition coefficient (Wildman–Crippen LogP) is 3.60. The topological polar surface area (TPSA) is 96.9 Å². The van der Waals surface area contributed by atoms with Crippen molar-refractivity contribution < 1.29 is 14.0 Å². The number of hydrogen-bond acceptors (Lipinski definition) is 6. The maximum atomic E-state index is 12.7. The summed E-state index contributed by atoms with van der Waals surface area (Å²) in [6.45, 7) is 1.92. The summed E-state index contributed by atoms with van der Waals surface area (Å²) in [5, 5.41) is 4.03. The summed E-state index contributed by atoms with van der Waals surface area (Å²) in [6.07, 6.45) is 8.64. The van der Waals surface area contributed by atoms with E-state index in [-0.39, 0.29) is 35.4 Å². The molecular formula is C24H25ClN4O4S. The number of piperidine rings is 1. The lowest BCUT2D eigenvalue weighted by molar-refractivity contribution is -0.116. The van der Waals surface area contributed by atoms with Crippen molar-refractivity contribution in [2.45, 2.75) is 30.7 Å². The van der Waals surface area contributed by atoms with Gasteiger partial charge in [0.2, 0.25) is 0 Å². The first-order valence-electron chi connectivity index (χ1n) is 11.1. The largest absolute Gasteiger partial charge is 0.459 e. The highest BCUT2D eigenvalue weighted by Crippen LogP contribution is 2.34. The Kier molecular flexibility index (Phi) is 7.43. The highest BCUT2D eigenvalue weighted by atomic mass is 35.5. The fourth-order valence-corrected chi connectivity index (χ4v) is 5.36. The van der Waals surface area contributed by atoms with E-state index in [1.807, 2.05) is 28.7 Å². The summed E-state index contributed by atoms with van der Waals surface area (Å²) in [5.74, 6) is 0.324. The zero-order valence-corrected chi connectivity index (χ0v) is 20.1. The number of likely N-dealkylation sites (tertiary alicyclic amines) is 1. The van der Waals surface area contributed by atoms with Gasteiger partial charge in [-0.05, 0) is 49.8 Å². The van der Waals surface area contributed by atoms with Gasteiger partial charge in [0, 0.05) is 31.8 Å². The number of imidazole rings is 1. The number of rotatable bonds is 6. The molecule has 1 fully saturated rings. The second kappa shape index (κ2) is 10.5. The van der Waals surface area contributed by atoms with Crippen molar-refractivity contribution in [3.8, 4) is 0 Å². The van der Waals surface area contributed by atoms with Gasteiger partial charge in [0.25, 0.3) is 11.8 Å². The van der Waals surface area contributed by atoms with Crippen LogP contribution in [0, 0.1) is 5.92 Å². The molecule has 2 aliphatic rings. The van der Waals surface area contributed by atoms with Crippen molar-refractivity contribution >= 4 is 47.7 Å². The molecule has 5 heterocycles. The Labute approximate surface area is 206 Å². The van der Waals surface area contributed by atoms with Crippen LogP contribution in [-0.2, 0) is 4.79 Å². The SMILES string of the molecule is Cl.O=C(NCCCC1CCN(C(=O)c2cc(=O)cco2)CC1)C1=Cc2cnc3cccc(n23)S1. The Bertz CT molecular complexity index is 1290. The van der Waals surface area contributed by atoms with Crippen molar-refractivity contribution in [1.82, 2.24) is 19.6 Å². The van der Waals surface area contributed by atoms with Crippen LogP contribution in [0.2, 0.25) is 0 Å². The number of thioether (sulfide) groups is 1. The molecular weight excluding hydrogens is 476 g/mol. The van der Waals surface area contributed by atoms with Crippen LogP contribution in [0.15, 0.2) is 61.9 Å². The molecule has 3 aromatic rings. The van der Waals surface area contributed by atoms with Crippen LogP contribution >= 0.6 is 24.2 Å². The summed E-state index contributed by atoms with van der Waals surface area (Å²) in [4.78, 5) is 43.4. The number of amides is 2. The number of nitrogens with zero attached hydrogens (tertiary/aromatic N) is 3. The number of halogens is 1. The molecule has 0 spiro atoms. The van der Waals surface area contributed by atoms with Gasteiger partial charge in [0.15, 0.2) is 11.2 Å². The van der Waals surface area contributed by atoms with E-state index in [0.29, 0.717) is 30.5 Å². The molecule has 2 amide bonds. The molecule has 0 aromatic carbocycles. The molecule has 178 valence electrons. The smallest absolute Gasteiger partial charge is 0.289 e. The van der Waals surface area contributed by atoms with E-state index in [1.165, 1.54) is 30.2 Å². The predicted molar refractivity (Wildman–Crippen MR) is 132 cm³/mol. The van der Waals surface area contributed by atoms with Crippen LogP contribution in [0.1, 0.15) is 41.9 Å². The van der Waals surface area contributed by atoms with Crippen molar-refractivity contribution in [2.75, 3.05) is 19.6 Å². The van der Waals surface area contributed by atoms with Gasteiger partial charge in [-0.1, -0.05) is 17.8 Å². The van der Waals surface area contributed by atoms with E-state index < -0.39 is 0 Å². The molecule has 0 saturated carbocycles. The minimum Gasteiger partial charge on any atom is -0.459 e. The van der Waals surface area contributed by atoms with Gasteiger partial charge in [-0.15, -0.1) is 12.4 Å². The summed E-state index contributed by atoms with van der Waals surface area (Å²) in [7, 11) is 0. The monoisotopic (exact) mass is 500 g/mol. The van der Waals surface area contributed by atoms with E-state index in [4.69, 9.17) is 4.42 Å². The van der Waals surface area contributed by atoms with E-state index >= 15 is 0 Å².